The van der Waals surface area contributed by atoms with Gasteiger partial charge in [0.25, 0.3) is 5.56 Å². The molecular weight excluding hydrogens is 298 g/mol. The summed E-state index contributed by atoms with van der Waals surface area (Å²) in [7, 11) is 0. The molecule has 2 unspecified atom stereocenters. The van der Waals surface area contributed by atoms with Crippen molar-refractivity contribution < 1.29 is 9.53 Å². The zero-order valence-corrected chi connectivity index (χ0v) is 14.0. The smallest absolute Gasteiger partial charge is 0.407 e. The van der Waals surface area contributed by atoms with Gasteiger partial charge < -0.3 is 20.7 Å². The van der Waals surface area contributed by atoms with Crippen LogP contribution in [0.25, 0.3) is 0 Å². The van der Waals surface area contributed by atoms with E-state index in [9.17, 15) is 9.59 Å². The molecule has 0 aliphatic carbocycles. The molecule has 0 saturated carbocycles. The van der Waals surface area contributed by atoms with E-state index >= 15 is 0 Å². The van der Waals surface area contributed by atoms with Crippen LogP contribution in [0.5, 0.6) is 0 Å². The Morgan fingerprint density at radius 3 is 2.78 bits per heavy atom. The first kappa shape index (κ1) is 17.1. The van der Waals surface area contributed by atoms with Gasteiger partial charge in [-0.15, -0.1) is 0 Å². The summed E-state index contributed by atoms with van der Waals surface area (Å²) >= 11 is 0. The van der Waals surface area contributed by atoms with Crippen LogP contribution in [0, 0.1) is 5.92 Å². The highest BCUT2D eigenvalue weighted by Gasteiger charge is 2.29. The van der Waals surface area contributed by atoms with Gasteiger partial charge in [-0.25, -0.2) is 4.79 Å². The van der Waals surface area contributed by atoms with Crippen LogP contribution in [-0.4, -0.2) is 40.8 Å². The van der Waals surface area contributed by atoms with Crippen molar-refractivity contribution >= 4 is 17.9 Å². The molecule has 2 atom stereocenters. The molecule has 8 heteroatoms. The van der Waals surface area contributed by atoms with Gasteiger partial charge in [0.15, 0.2) is 0 Å². The Morgan fingerprint density at radius 2 is 2.22 bits per heavy atom. The van der Waals surface area contributed by atoms with Crippen molar-refractivity contribution in [2.45, 2.75) is 45.8 Å². The fraction of sp³-hybridized carbons (Fsp3) is 0.667. The van der Waals surface area contributed by atoms with Crippen molar-refractivity contribution in [3.63, 3.8) is 0 Å². The Kier molecular flexibility index (Phi) is 4.82. The van der Waals surface area contributed by atoms with Gasteiger partial charge in [0.05, 0.1) is 0 Å². The van der Waals surface area contributed by atoms with Gasteiger partial charge in [-0.2, -0.15) is 4.98 Å². The lowest BCUT2D eigenvalue weighted by Crippen LogP contribution is -2.51. The van der Waals surface area contributed by atoms with E-state index in [1.54, 1.807) is 0 Å². The second-order valence-corrected chi connectivity index (χ2v) is 6.95. The number of nitrogens with two attached hydrogens (primary N) is 1. The van der Waals surface area contributed by atoms with Gasteiger partial charge >= 0.3 is 6.09 Å². The van der Waals surface area contributed by atoms with Crippen molar-refractivity contribution in [3.8, 4) is 0 Å². The molecule has 1 aliphatic heterocycles. The molecule has 2 rings (SSSR count). The average Bonchev–Trinajstić information content (AvgIpc) is 2.37. The molecule has 2 heterocycles. The Bertz CT molecular complexity index is 622. The number of aromatic nitrogens is 2. The molecule has 8 nitrogen and oxygen atoms in total. The normalized spacial score (nSPS) is 21.8. The summed E-state index contributed by atoms with van der Waals surface area (Å²) in [4.78, 5) is 32.0. The van der Waals surface area contributed by atoms with Crippen molar-refractivity contribution in [1.82, 2.24) is 15.3 Å². The number of alkyl carbamates (subject to hydrolysis) is 1. The van der Waals surface area contributed by atoms with Gasteiger partial charge in [0.2, 0.25) is 5.95 Å². The van der Waals surface area contributed by atoms with E-state index in [0.29, 0.717) is 18.9 Å². The molecule has 4 N–H and O–H groups in total. The number of amides is 1. The van der Waals surface area contributed by atoms with Crippen LogP contribution in [0.1, 0.15) is 34.1 Å². The minimum absolute atomic E-state index is 0.0282. The lowest BCUT2D eigenvalue weighted by molar-refractivity contribution is 0.0481. The van der Waals surface area contributed by atoms with Crippen LogP contribution < -0.4 is 21.5 Å². The number of H-pyrrole nitrogens is 1. The summed E-state index contributed by atoms with van der Waals surface area (Å²) in [6, 6.07) is 1.46. The number of carbonyl (C=O) groups is 1. The average molecular weight is 323 g/mol. The van der Waals surface area contributed by atoms with Crippen LogP contribution in [0.15, 0.2) is 10.9 Å². The van der Waals surface area contributed by atoms with E-state index in [1.165, 1.54) is 6.07 Å². The largest absolute Gasteiger partial charge is 0.444 e. The standard InChI is InChI=1S/C15H25N5O3/c1-9-8-20(11-7-12(21)19-13(16)18-11)6-5-10(9)17-14(22)23-15(2,3)4/h7,9-10H,5-6,8H2,1-4H3,(H,17,22)(H3,16,18,19,21). The Labute approximate surface area is 135 Å². The number of nitrogens with zero attached hydrogens (tertiary/aromatic N) is 2. The van der Waals surface area contributed by atoms with Crippen LogP contribution >= 0.6 is 0 Å². The molecule has 1 fully saturated rings. The highest BCUT2D eigenvalue weighted by Crippen LogP contribution is 2.21. The van der Waals surface area contributed by atoms with Gasteiger partial charge in [-0.05, 0) is 33.1 Å². The molecule has 1 aromatic heterocycles. The zero-order valence-electron chi connectivity index (χ0n) is 14.0. The zero-order chi connectivity index (χ0) is 17.2. The van der Waals surface area contributed by atoms with Crippen molar-refractivity contribution in [1.29, 1.82) is 0 Å². The SMILES string of the molecule is CC1CN(c2cc(=O)[nH]c(N)n2)CCC1NC(=O)OC(C)(C)C. The quantitative estimate of drug-likeness (QED) is 0.751. The Balaban J connectivity index is 1.97. The van der Waals surface area contributed by atoms with Crippen LogP contribution in [-0.2, 0) is 4.74 Å². The third-order valence-corrected chi connectivity index (χ3v) is 3.68. The number of nitrogens with one attached hydrogen (secondary N) is 2. The van der Waals surface area contributed by atoms with Crippen molar-refractivity contribution in [2.75, 3.05) is 23.7 Å². The number of nitrogen functional groups attached to an aromatic ring is 1. The van der Waals surface area contributed by atoms with E-state index in [-0.39, 0.29) is 23.5 Å². The maximum Gasteiger partial charge on any atom is 0.407 e. The lowest BCUT2D eigenvalue weighted by Gasteiger charge is -2.38. The maximum atomic E-state index is 11.9. The van der Waals surface area contributed by atoms with Crippen LogP contribution in [0.2, 0.25) is 0 Å². The number of anilines is 2. The number of hydrogen-bond donors (Lipinski definition) is 3. The third kappa shape index (κ3) is 4.87. The molecule has 128 valence electrons. The highest BCUT2D eigenvalue weighted by atomic mass is 16.6. The van der Waals surface area contributed by atoms with E-state index in [4.69, 9.17) is 10.5 Å². The summed E-state index contributed by atoms with van der Waals surface area (Å²) in [6.45, 7) is 8.91. The predicted octanol–water partition coefficient (Wildman–Crippen LogP) is 1.09. The molecular formula is C15H25N5O3. The van der Waals surface area contributed by atoms with Crippen molar-refractivity contribution in [2.24, 2.45) is 5.92 Å². The topological polar surface area (TPSA) is 113 Å². The molecule has 23 heavy (non-hydrogen) atoms. The Morgan fingerprint density at radius 1 is 1.52 bits per heavy atom. The van der Waals surface area contributed by atoms with Crippen LogP contribution in [0.4, 0.5) is 16.6 Å². The van der Waals surface area contributed by atoms with Gasteiger partial charge in [-0.1, -0.05) is 6.92 Å². The predicted molar refractivity (Wildman–Crippen MR) is 88.4 cm³/mol. The van der Waals surface area contributed by atoms with E-state index in [0.717, 1.165) is 6.42 Å². The first-order chi connectivity index (χ1) is 10.6. The molecule has 1 saturated heterocycles. The lowest BCUT2D eigenvalue weighted by atomic mass is 9.94. The summed E-state index contributed by atoms with van der Waals surface area (Å²) in [5.41, 5.74) is 4.80. The first-order valence-electron chi connectivity index (χ1n) is 7.75. The van der Waals surface area contributed by atoms with Gasteiger partial charge in [-0.3, -0.25) is 9.78 Å². The summed E-state index contributed by atoms with van der Waals surface area (Å²) in [5.74, 6) is 0.863. The molecule has 0 spiro atoms. The molecule has 0 aromatic carbocycles. The number of hydrogen-bond acceptors (Lipinski definition) is 6. The number of piperidine rings is 1. The molecule has 1 aromatic rings. The van der Waals surface area contributed by atoms with E-state index in [1.807, 2.05) is 32.6 Å². The second kappa shape index (κ2) is 6.47. The number of aromatic amines is 1. The summed E-state index contributed by atoms with van der Waals surface area (Å²) < 4.78 is 5.29. The highest BCUT2D eigenvalue weighted by molar-refractivity contribution is 5.68. The second-order valence-electron chi connectivity index (χ2n) is 6.95. The molecule has 1 aliphatic rings. The third-order valence-electron chi connectivity index (χ3n) is 3.68. The van der Waals surface area contributed by atoms with E-state index < -0.39 is 11.7 Å². The van der Waals surface area contributed by atoms with Crippen molar-refractivity contribution in [3.05, 3.63) is 16.4 Å². The fourth-order valence-electron chi connectivity index (χ4n) is 2.65. The molecule has 0 bridgehead atoms. The monoisotopic (exact) mass is 323 g/mol. The summed E-state index contributed by atoms with van der Waals surface area (Å²) in [5, 5.41) is 2.92. The van der Waals surface area contributed by atoms with Crippen LogP contribution in [0.3, 0.4) is 0 Å². The molecule has 1 amide bonds. The fourth-order valence-corrected chi connectivity index (χ4v) is 2.65. The Hall–Kier alpha value is -2.25. The number of ether oxygens (including phenoxy) is 1. The minimum atomic E-state index is -0.513. The minimum Gasteiger partial charge on any atom is -0.444 e. The number of carbonyl (C=O) groups excluding carboxylic acids is 1. The first-order valence-corrected chi connectivity index (χ1v) is 7.75. The van der Waals surface area contributed by atoms with E-state index in [2.05, 4.69) is 15.3 Å². The maximum absolute atomic E-state index is 11.9. The molecule has 0 radical (unpaired) electrons. The summed E-state index contributed by atoms with van der Waals surface area (Å²) in [6.07, 6.45) is 0.343. The number of rotatable bonds is 2. The van der Waals surface area contributed by atoms with Gasteiger partial charge in [0, 0.05) is 25.2 Å². The van der Waals surface area contributed by atoms with Gasteiger partial charge in [0.1, 0.15) is 11.4 Å².